The van der Waals surface area contributed by atoms with Gasteiger partial charge in [0.2, 0.25) is 0 Å². The Hall–Kier alpha value is -2.10. The zero-order valence-corrected chi connectivity index (χ0v) is 20.9. The minimum absolute atomic E-state index is 0.186. The molecule has 0 amide bonds. The molecule has 1 N–H and O–H groups in total. The van der Waals surface area contributed by atoms with Gasteiger partial charge in [-0.15, -0.1) is 0 Å². The average molecular weight is 459 g/mol. The number of esters is 1. The maximum atomic E-state index is 11.9. The first-order valence-electron chi connectivity index (χ1n) is 13.3. The number of ether oxygens (including phenoxy) is 1. The number of carboxylic acid groups (broad SMARTS) is 1. The van der Waals surface area contributed by atoms with Gasteiger partial charge in [-0.25, -0.2) is 4.79 Å². The predicted octanol–water partition coefficient (Wildman–Crippen LogP) is 8.89. The molecule has 0 aliphatic carbocycles. The van der Waals surface area contributed by atoms with Crippen LogP contribution >= 0.6 is 0 Å². The first-order valence-corrected chi connectivity index (χ1v) is 13.3. The summed E-state index contributed by atoms with van der Waals surface area (Å²) in [6.45, 7) is 2.27. The summed E-state index contributed by atoms with van der Waals surface area (Å²) in [7, 11) is 0. The molecule has 0 aliphatic rings. The van der Waals surface area contributed by atoms with E-state index in [0.717, 1.165) is 12.8 Å². The highest BCUT2D eigenvalue weighted by Crippen LogP contribution is 2.15. The van der Waals surface area contributed by atoms with Crippen molar-refractivity contribution in [3.63, 3.8) is 0 Å². The van der Waals surface area contributed by atoms with Crippen molar-refractivity contribution in [2.24, 2.45) is 0 Å². The van der Waals surface area contributed by atoms with Crippen molar-refractivity contribution >= 4 is 11.9 Å². The number of carbonyl (C=O) groups is 2. The van der Waals surface area contributed by atoms with Gasteiger partial charge < -0.3 is 9.84 Å². The summed E-state index contributed by atoms with van der Waals surface area (Å²) in [4.78, 5) is 22.7. The average Bonchev–Trinajstić information content (AvgIpc) is 2.81. The zero-order valence-electron chi connectivity index (χ0n) is 20.9. The molecule has 0 fully saturated rings. The van der Waals surface area contributed by atoms with Gasteiger partial charge in [0.05, 0.1) is 5.56 Å². The quantitative estimate of drug-likeness (QED) is 0.0864. The Morgan fingerprint density at radius 1 is 0.697 bits per heavy atom. The third-order valence-electron chi connectivity index (χ3n) is 5.98. The maximum absolute atomic E-state index is 11.9. The van der Waals surface area contributed by atoms with Gasteiger partial charge in [0.1, 0.15) is 5.75 Å². The summed E-state index contributed by atoms with van der Waals surface area (Å²) in [5, 5.41) is 8.87. The molecule has 33 heavy (non-hydrogen) atoms. The highest BCUT2D eigenvalue weighted by molar-refractivity contribution is 5.87. The Labute approximate surface area is 201 Å². The molecule has 0 saturated heterocycles. The molecule has 0 aliphatic heterocycles. The lowest BCUT2D eigenvalue weighted by atomic mass is 10.1. The lowest BCUT2D eigenvalue weighted by Gasteiger charge is -2.05. The Morgan fingerprint density at radius 2 is 1.15 bits per heavy atom. The molecule has 0 spiro atoms. The van der Waals surface area contributed by atoms with Gasteiger partial charge in [0, 0.05) is 6.42 Å². The van der Waals surface area contributed by atoms with Crippen LogP contribution in [0.5, 0.6) is 5.75 Å². The van der Waals surface area contributed by atoms with E-state index in [-0.39, 0.29) is 11.5 Å². The van der Waals surface area contributed by atoms with Crippen LogP contribution in [0.25, 0.3) is 0 Å². The van der Waals surface area contributed by atoms with Gasteiger partial charge in [0.15, 0.2) is 0 Å². The van der Waals surface area contributed by atoms with E-state index in [0.29, 0.717) is 12.2 Å². The van der Waals surface area contributed by atoms with Crippen molar-refractivity contribution in [1.82, 2.24) is 0 Å². The van der Waals surface area contributed by atoms with E-state index >= 15 is 0 Å². The number of hydrogen-bond donors (Lipinski definition) is 1. The summed E-state index contributed by atoms with van der Waals surface area (Å²) in [6, 6.07) is 5.93. The number of benzene rings is 1. The highest BCUT2D eigenvalue weighted by Gasteiger charge is 2.06. The van der Waals surface area contributed by atoms with Crippen LogP contribution in [0.2, 0.25) is 0 Å². The van der Waals surface area contributed by atoms with Crippen molar-refractivity contribution in [3.8, 4) is 5.75 Å². The van der Waals surface area contributed by atoms with Crippen LogP contribution in [0.4, 0.5) is 0 Å². The molecule has 0 saturated carbocycles. The van der Waals surface area contributed by atoms with E-state index < -0.39 is 5.97 Å². The highest BCUT2D eigenvalue weighted by atomic mass is 16.5. The summed E-state index contributed by atoms with van der Waals surface area (Å²) < 4.78 is 5.25. The number of aromatic carboxylic acids is 1. The van der Waals surface area contributed by atoms with Gasteiger partial charge in [-0.05, 0) is 56.4 Å². The van der Waals surface area contributed by atoms with Crippen LogP contribution in [-0.4, -0.2) is 17.0 Å². The van der Waals surface area contributed by atoms with Crippen molar-refractivity contribution in [1.29, 1.82) is 0 Å². The SMILES string of the molecule is CCCCCCCC/C=C\CCCCCCCCCCCC(=O)Oc1ccc(C(=O)O)cc1. The normalized spacial score (nSPS) is 11.2. The van der Waals surface area contributed by atoms with Crippen molar-refractivity contribution < 1.29 is 19.4 Å². The molecule has 1 rings (SSSR count). The summed E-state index contributed by atoms with van der Waals surface area (Å²) in [5.74, 6) is -0.837. The molecule has 0 radical (unpaired) electrons. The lowest BCUT2D eigenvalue weighted by molar-refractivity contribution is -0.134. The van der Waals surface area contributed by atoms with Crippen molar-refractivity contribution in [2.75, 3.05) is 0 Å². The molecule has 186 valence electrons. The number of rotatable bonds is 21. The molecule has 0 bridgehead atoms. The fraction of sp³-hybridized carbons (Fsp3) is 0.655. The van der Waals surface area contributed by atoms with E-state index in [4.69, 9.17) is 9.84 Å². The Morgan fingerprint density at radius 3 is 1.64 bits per heavy atom. The molecule has 1 aromatic carbocycles. The fourth-order valence-electron chi connectivity index (χ4n) is 3.90. The number of unbranched alkanes of at least 4 members (excludes halogenated alkanes) is 15. The topological polar surface area (TPSA) is 63.6 Å². The van der Waals surface area contributed by atoms with Gasteiger partial charge in [-0.2, -0.15) is 0 Å². The zero-order chi connectivity index (χ0) is 24.0. The van der Waals surface area contributed by atoms with Crippen molar-refractivity contribution in [2.45, 2.75) is 122 Å². The first kappa shape index (κ1) is 28.9. The Kier molecular flexibility index (Phi) is 18.0. The molecular weight excluding hydrogens is 412 g/mol. The summed E-state index contributed by atoms with van der Waals surface area (Å²) in [6.07, 6.45) is 26.8. The third kappa shape index (κ3) is 17.1. The molecule has 4 nitrogen and oxygen atoms in total. The molecule has 0 aromatic heterocycles. The summed E-state index contributed by atoms with van der Waals surface area (Å²) >= 11 is 0. The first-order chi connectivity index (χ1) is 16.1. The minimum Gasteiger partial charge on any atom is -0.478 e. The van der Waals surface area contributed by atoms with E-state index in [1.807, 2.05) is 0 Å². The van der Waals surface area contributed by atoms with E-state index in [1.165, 1.54) is 121 Å². The van der Waals surface area contributed by atoms with E-state index in [9.17, 15) is 9.59 Å². The monoisotopic (exact) mass is 458 g/mol. The number of hydrogen-bond acceptors (Lipinski definition) is 3. The van der Waals surface area contributed by atoms with Gasteiger partial charge in [0.25, 0.3) is 0 Å². The molecular formula is C29H46O4. The molecule has 0 unspecified atom stereocenters. The van der Waals surface area contributed by atoms with Crippen LogP contribution in [0, 0.1) is 0 Å². The molecule has 4 heteroatoms. The molecule has 1 aromatic rings. The van der Waals surface area contributed by atoms with Crippen LogP contribution in [0.15, 0.2) is 36.4 Å². The van der Waals surface area contributed by atoms with Gasteiger partial charge in [-0.3, -0.25) is 4.79 Å². The molecule has 0 heterocycles. The standard InChI is InChI=1S/C29H46O4/c1-2-3-4-5-6-7-8-9-10-11-12-13-14-15-16-17-18-19-20-21-28(30)33-27-24-22-26(23-25-27)29(31)32/h9-10,22-25H,2-8,11-21H2,1H3,(H,31,32)/b10-9-. The maximum Gasteiger partial charge on any atom is 0.335 e. The van der Waals surface area contributed by atoms with Crippen LogP contribution < -0.4 is 4.74 Å². The fourth-order valence-corrected chi connectivity index (χ4v) is 3.90. The Balaban J connectivity index is 1.84. The number of carbonyl (C=O) groups excluding carboxylic acids is 1. The van der Waals surface area contributed by atoms with E-state index in [1.54, 1.807) is 0 Å². The smallest absolute Gasteiger partial charge is 0.335 e. The van der Waals surface area contributed by atoms with Crippen LogP contribution in [0.1, 0.15) is 133 Å². The second-order valence-corrected chi connectivity index (χ2v) is 9.05. The minimum atomic E-state index is -0.987. The van der Waals surface area contributed by atoms with Crippen LogP contribution in [0.3, 0.4) is 0 Å². The second-order valence-electron chi connectivity index (χ2n) is 9.05. The number of allylic oxidation sites excluding steroid dienone is 2. The third-order valence-corrected chi connectivity index (χ3v) is 5.98. The number of carboxylic acids is 1. The Bertz CT molecular complexity index is 648. The second kappa shape index (κ2) is 20.5. The van der Waals surface area contributed by atoms with Crippen molar-refractivity contribution in [3.05, 3.63) is 42.0 Å². The van der Waals surface area contributed by atoms with E-state index in [2.05, 4.69) is 19.1 Å². The largest absolute Gasteiger partial charge is 0.478 e. The van der Waals surface area contributed by atoms with Gasteiger partial charge in [-0.1, -0.05) is 96.1 Å². The predicted molar refractivity (Wildman–Crippen MR) is 137 cm³/mol. The van der Waals surface area contributed by atoms with Gasteiger partial charge >= 0.3 is 11.9 Å². The lowest BCUT2D eigenvalue weighted by Crippen LogP contribution is -2.07. The van der Waals surface area contributed by atoms with Crippen LogP contribution in [-0.2, 0) is 4.79 Å². The summed E-state index contributed by atoms with van der Waals surface area (Å²) in [5.41, 5.74) is 0.186. The molecule has 0 atom stereocenters.